The highest BCUT2D eigenvalue weighted by Gasteiger charge is 2.35. The summed E-state index contributed by atoms with van der Waals surface area (Å²) in [5, 5.41) is 1.96. The smallest absolute Gasteiger partial charge is 0.322 e. The number of rotatable bonds is 5. The predicted octanol–water partition coefficient (Wildman–Crippen LogP) is 4.99. The van der Waals surface area contributed by atoms with Crippen LogP contribution in [0.15, 0.2) is 65.6 Å². The fourth-order valence-electron chi connectivity index (χ4n) is 3.38. The summed E-state index contributed by atoms with van der Waals surface area (Å²) in [5.41, 5.74) is -0.963. The molecular weight excluding hydrogens is 403 g/mol. The van der Waals surface area contributed by atoms with Gasteiger partial charge in [0, 0.05) is 11.8 Å². The highest BCUT2D eigenvalue weighted by molar-refractivity contribution is 7.92. The van der Waals surface area contributed by atoms with E-state index in [0.29, 0.717) is 18.9 Å². The van der Waals surface area contributed by atoms with Gasteiger partial charge in [-0.2, -0.15) is 13.2 Å². The molecule has 8 heteroatoms. The fourth-order valence-corrected chi connectivity index (χ4v) is 5.23. The van der Waals surface area contributed by atoms with E-state index in [1.165, 1.54) is 48.5 Å². The number of nitrogens with one attached hydrogen (secondary N) is 1. The third-order valence-electron chi connectivity index (χ3n) is 4.86. The molecule has 0 atom stereocenters. The van der Waals surface area contributed by atoms with Crippen molar-refractivity contribution in [2.24, 2.45) is 0 Å². The Balaban J connectivity index is 1.77. The SMILES string of the molecule is O=C(/C=C(\c1ccccc1)C(F)(F)F)Nc1ccc(S(=O)(=O)C2CCCC2)cc1. The van der Waals surface area contributed by atoms with E-state index >= 15 is 0 Å². The first-order valence-corrected chi connectivity index (χ1v) is 10.7. The number of benzene rings is 2. The molecule has 0 saturated heterocycles. The number of hydrogen-bond acceptors (Lipinski definition) is 3. The summed E-state index contributed by atoms with van der Waals surface area (Å²) in [6.07, 6.45) is -1.17. The summed E-state index contributed by atoms with van der Waals surface area (Å²) in [4.78, 5) is 12.3. The second-order valence-electron chi connectivity index (χ2n) is 6.89. The molecule has 1 aliphatic rings. The van der Waals surface area contributed by atoms with Crippen LogP contribution in [0.1, 0.15) is 31.2 Å². The summed E-state index contributed by atoms with van der Waals surface area (Å²) in [5.74, 6) is -0.951. The average Bonchev–Trinajstić information content (AvgIpc) is 3.22. The van der Waals surface area contributed by atoms with Crippen molar-refractivity contribution in [3.63, 3.8) is 0 Å². The zero-order valence-electron chi connectivity index (χ0n) is 15.4. The van der Waals surface area contributed by atoms with Crippen molar-refractivity contribution < 1.29 is 26.4 Å². The van der Waals surface area contributed by atoms with E-state index in [1.807, 2.05) is 0 Å². The summed E-state index contributed by atoms with van der Waals surface area (Å²) < 4.78 is 65.1. The number of hydrogen-bond donors (Lipinski definition) is 1. The first kappa shape index (κ1) is 21.1. The lowest BCUT2D eigenvalue weighted by Crippen LogP contribution is -2.18. The lowest BCUT2D eigenvalue weighted by molar-refractivity contribution is -0.112. The molecule has 1 amide bonds. The van der Waals surface area contributed by atoms with Crippen molar-refractivity contribution in [1.82, 2.24) is 0 Å². The summed E-state index contributed by atoms with van der Waals surface area (Å²) in [6, 6.07) is 12.5. The van der Waals surface area contributed by atoms with E-state index in [9.17, 15) is 26.4 Å². The predicted molar refractivity (Wildman–Crippen MR) is 105 cm³/mol. The van der Waals surface area contributed by atoms with E-state index in [4.69, 9.17) is 0 Å². The monoisotopic (exact) mass is 423 g/mol. The minimum atomic E-state index is -4.70. The summed E-state index contributed by atoms with van der Waals surface area (Å²) in [6.45, 7) is 0. The number of anilines is 1. The van der Waals surface area contributed by atoms with Crippen molar-refractivity contribution in [2.45, 2.75) is 42.0 Å². The molecule has 1 aliphatic carbocycles. The lowest BCUT2D eigenvalue weighted by Gasteiger charge is -2.13. The van der Waals surface area contributed by atoms with Gasteiger partial charge in [-0.25, -0.2) is 8.42 Å². The van der Waals surface area contributed by atoms with E-state index in [1.54, 1.807) is 6.07 Å². The van der Waals surface area contributed by atoms with Gasteiger partial charge in [0.05, 0.1) is 15.7 Å². The number of amides is 1. The molecule has 0 unspecified atom stereocenters. The molecule has 1 saturated carbocycles. The Morgan fingerprint density at radius 2 is 1.55 bits per heavy atom. The Bertz CT molecular complexity index is 992. The van der Waals surface area contributed by atoms with Gasteiger partial charge < -0.3 is 5.32 Å². The normalized spacial score (nSPS) is 16.0. The number of carbonyl (C=O) groups excluding carboxylic acids is 1. The van der Waals surface area contributed by atoms with Crippen LogP contribution in [0.4, 0.5) is 18.9 Å². The molecule has 2 aromatic rings. The summed E-state index contributed by atoms with van der Waals surface area (Å²) in [7, 11) is -3.43. The first-order chi connectivity index (χ1) is 13.7. The molecule has 0 radical (unpaired) electrons. The fraction of sp³-hybridized carbons (Fsp3) is 0.286. The molecule has 2 aromatic carbocycles. The van der Waals surface area contributed by atoms with Crippen LogP contribution in [0, 0.1) is 0 Å². The Morgan fingerprint density at radius 3 is 2.10 bits per heavy atom. The Morgan fingerprint density at radius 1 is 0.966 bits per heavy atom. The van der Waals surface area contributed by atoms with Crippen molar-refractivity contribution in [3.05, 3.63) is 66.2 Å². The van der Waals surface area contributed by atoms with Crippen LogP contribution < -0.4 is 5.32 Å². The Kier molecular flexibility index (Phi) is 6.12. The molecule has 4 nitrogen and oxygen atoms in total. The Hall–Kier alpha value is -2.61. The number of sulfone groups is 1. The van der Waals surface area contributed by atoms with Crippen LogP contribution in [0.5, 0.6) is 0 Å². The maximum absolute atomic E-state index is 13.3. The van der Waals surface area contributed by atoms with Crippen LogP contribution in [0.25, 0.3) is 5.57 Å². The second kappa shape index (κ2) is 8.41. The van der Waals surface area contributed by atoms with Gasteiger partial charge in [0.2, 0.25) is 5.91 Å². The number of alkyl halides is 3. The van der Waals surface area contributed by atoms with Crippen molar-refractivity contribution in [2.75, 3.05) is 5.32 Å². The van der Waals surface area contributed by atoms with Crippen LogP contribution in [-0.4, -0.2) is 25.8 Å². The standard InChI is InChI=1S/C21H20F3NO3S/c22-21(23,24)19(15-6-2-1-3-7-15)14-20(26)25-16-10-12-18(13-11-16)29(27,28)17-8-4-5-9-17/h1-3,6-7,10-14,17H,4-5,8-9H2,(H,25,26)/b19-14+. The average molecular weight is 423 g/mol. The van der Waals surface area contributed by atoms with Crippen molar-refractivity contribution in [1.29, 1.82) is 0 Å². The molecule has 0 aliphatic heterocycles. The van der Waals surface area contributed by atoms with Gasteiger partial charge in [-0.3, -0.25) is 4.79 Å². The number of carbonyl (C=O) groups is 1. The highest BCUT2D eigenvalue weighted by Crippen LogP contribution is 2.34. The van der Waals surface area contributed by atoms with Crippen molar-refractivity contribution >= 4 is 27.0 Å². The zero-order chi connectivity index (χ0) is 21.1. The van der Waals surface area contributed by atoms with E-state index < -0.39 is 32.7 Å². The number of halogens is 3. The third kappa shape index (κ3) is 5.06. The quantitative estimate of drug-likeness (QED) is 0.690. The van der Waals surface area contributed by atoms with E-state index in [2.05, 4.69) is 5.32 Å². The molecule has 1 fully saturated rings. The second-order valence-corrected chi connectivity index (χ2v) is 9.11. The van der Waals surface area contributed by atoms with Crippen LogP contribution in [0.3, 0.4) is 0 Å². The maximum atomic E-state index is 13.3. The molecular formula is C21H20F3NO3S. The number of allylic oxidation sites excluding steroid dienone is 1. The van der Waals surface area contributed by atoms with Gasteiger partial charge >= 0.3 is 6.18 Å². The first-order valence-electron chi connectivity index (χ1n) is 9.17. The zero-order valence-corrected chi connectivity index (χ0v) is 16.3. The summed E-state index contributed by atoms with van der Waals surface area (Å²) >= 11 is 0. The molecule has 0 heterocycles. The molecule has 0 bridgehead atoms. The third-order valence-corrected chi connectivity index (χ3v) is 7.14. The molecule has 154 valence electrons. The van der Waals surface area contributed by atoms with Gasteiger partial charge in [0.1, 0.15) is 0 Å². The van der Waals surface area contributed by atoms with Crippen LogP contribution >= 0.6 is 0 Å². The highest BCUT2D eigenvalue weighted by atomic mass is 32.2. The van der Waals surface area contributed by atoms with Gasteiger partial charge in [0.15, 0.2) is 9.84 Å². The minimum Gasteiger partial charge on any atom is -0.322 e. The van der Waals surface area contributed by atoms with Gasteiger partial charge in [0.25, 0.3) is 0 Å². The van der Waals surface area contributed by atoms with Crippen LogP contribution in [0.2, 0.25) is 0 Å². The minimum absolute atomic E-state index is 0.117. The molecule has 3 rings (SSSR count). The van der Waals surface area contributed by atoms with E-state index in [-0.39, 0.29) is 16.1 Å². The van der Waals surface area contributed by atoms with Crippen molar-refractivity contribution in [3.8, 4) is 0 Å². The molecule has 1 N–H and O–H groups in total. The molecule has 0 spiro atoms. The Labute approximate surface area is 167 Å². The lowest BCUT2D eigenvalue weighted by atomic mass is 10.1. The molecule has 29 heavy (non-hydrogen) atoms. The van der Waals surface area contributed by atoms with Crippen LogP contribution in [-0.2, 0) is 14.6 Å². The van der Waals surface area contributed by atoms with Gasteiger partial charge in [-0.1, -0.05) is 43.2 Å². The van der Waals surface area contributed by atoms with Gasteiger partial charge in [-0.15, -0.1) is 0 Å². The topological polar surface area (TPSA) is 63.2 Å². The van der Waals surface area contributed by atoms with Gasteiger partial charge in [-0.05, 0) is 42.7 Å². The maximum Gasteiger partial charge on any atom is 0.417 e. The largest absolute Gasteiger partial charge is 0.417 e. The molecule has 0 aromatic heterocycles. The van der Waals surface area contributed by atoms with E-state index in [0.717, 1.165) is 12.8 Å².